The Bertz CT molecular complexity index is 590. The van der Waals surface area contributed by atoms with E-state index in [1.165, 1.54) is 6.07 Å². The normalized spacial score (nSPS) is 18.0. The Morgan fingerprint density at radius 2 is 2.11 bits per heavy atom. The Morgan fingerprint density at radius 1 is 1.42 bits per heavy atom. The van der Waals surface area contributed by atoms with Gasteiger partial charge < -0.3 is 5.11 Å². The lowest BCUT2D eigenvalue weighted by Gasteiger charge is -2.27. The molecule has 1 saturated heterocycles. The van der Waals surface area contributed by atoms with Crippen molar-refractivity contribution in [2.45, 2.75) is 23.2 Å². The van der Waals surface area contributed by atoms with E-state index in [0.717, 1.165) is 37.3 Å². The third kappa shape index (κ3) is 4.30. The molecular weight excluding hydrogens is 284 g/mol. The summed E-state index contributed by atoms with van der Waals surface area (Å²) in [6, 6.07) is 3.14. The number of rotatable bonds is 2. The van der Waals surface area contributed by atoms with Crippen LogP contribution in [0.2, 0.25) is 0 Å². The van der Waals surface area contributed by atoms with Crippen molar-refractivity contribution in [1.82, 2.24) is 4.90 Å². The maximum atomic E-state index is 11.1. The van der Waals surface area contributed by atoms with Gasteiger partial charge in [0, 0.05) is 13.1 Å². The molecule has 1 aromatic heterocycles. The van der Waals surface area contributed by atoms with E-state index in [4.69, 9.17) is 5.14 Å². The molecule has 0 unspecified atom stereocenters. The van der Waals surface area contributed by atoms with E-state index in [2.05, 4.69) is 16.7 Å². The van der Waals surface area contributed by atoms with Gasteiger partial charge in [-0.05, 0) is 25.0 Å². The lowest BCUT2D eigenvalue weighted by Crippen LogP contribution is -2.35. The quantitative estimate of drug-likeness (QED) is 0.765. The first-order chi connectivity index (χ1) is 8.95. The van der Waals surface area contributed by atoms with E-state index in [-0.39, 0.29) is 10.3 Å². The molecule has 3 N–H and O–H groups in total. The molecule has 5 nitrogen and oxygen atoms in total. The summed E-state index contributed by atoms with van der Waals surface area (Å²) in [5.41, 5.74) is 0. The van der Waals surface area contributed by atoms with E-state index in [1.54, 1.807) is 6.07 Å². The molecule has 1 aliphatic rings. The van der Waals surface area contributed by atoms with Gasteiger partial charge in [-0.15, -0.1) is 11.3 Å². The Hall–Kier alpha value is -0.910. The molecule has 1 fully saturated rings. The molecule has 1 aromatic rings. The molecule has 2 heterocycles. The molecule has 1 aliphatic heterocycles. The van der Waals surface area contributed by atoms with Gasteiger partial charge in [0.25, 0.3) is 0 Å². The van der Waals surface area contributed by atoms with E-state index in [9.17, 15) is 13.5 Å². The van der Waals surface area contributed by atoms with Crippen molar-refractivity contribution in [3.05, 3.63) is 17.0 Å². The van der Waals surface area contributed by atoms with Crippen LogP contribution < -0.4 is 5.14 Å². The van der Waals surface area contributed by atoms with Crippen molar-refractivity contribution in [2.75, 3.05) is 19.6 Å². The van der Waals surface area contributed by atoms with Gasteiger partial charge in [-0.2, -0.15) is 0 Å². The number of aliphatic hydroxyl groups excluding tert-OH is 1. The Balaban J connectivity index is 1.92. The highest BCUT2D eigenvalue weighted by molar-refractivity contribution is 7.91. The van der Waals surface area contributed by atoms with Gasteiger partial charge in [0.05, 0.1) is 17.5 Å². The monoisotopic (exact) mass is 300 g/mol. The summed E-state index contributed by atoms with van der Waals surface area (Å²) in [5, 5.41) is 14.4. The first-order valence-corrected chi connectivity index (χ1v) is 8.33. The molecule has 0 aromatic carbocycles. The summed E-state index contributed by atoms with van der Waals surface area (Å²) in [6.45, 7) is 2.33. The highest BCUT2D eigenvalue weighted by Gasteiger charge is 2.15. The van der Waals surface area contributed by atoms with Crippen LogP contribution >= 0.6 is 11.3 Å². The molecule has 19 heavy (non-hydrogen) atoms. The zero-order chi connectivity index (χ0) is 13.9. The fourth-order valence-electron chi connectivity index (χ4n) is 1.86. The predicted molar refractivity (Wildman–Crippen MR) is 74.3 cm³/mol. The maximum absolute atomic E-state index is 11.1. The standard InChI is InChI=1S/C12H16N2O3S2/c13-19(16,17)12-4-3-11(18-12)2-1-7-14-8-5-10(15)6-9-14/h3-4,10,15H,5-9H2,(H2,13,16,17). The second-order valence-electron chi connectivity index (χ2n) is 4.47. The molecule has 0 radical (unpaired) electrons. The average Bonchev–Trinajstić information content (AvgIpc) is 2.80. The number of primary sulfonamides is 1. The number of likely N-dealkylation sites (tertiary alicyclic amines) is 1. The second-order valence-corrected chi connectivity index (χ2v) is 7.34. The van der Waals surface area contributed by atoms with Gasteiger partial charge >= 0.3 is 0 Å². The van der Waals surface area contributed by atoms with Crippen molar-refractivity contribution in [3.63, 3.8) is 0 Å². The van der Waals surface area contributed by atoms with Crippen LogP contribution in [0.25, 0.3) is 0 Å². The smallest absolute Gasteiger partial charge is 0.247 e. The maximum Gasteiger partial charge on any atom is 0.247 e. The number of hydrogen-bond acceptors (Lipinski definition) is 5. The molecule has 7 heteroatoms. The number of aliphatic hydroxyl groups is 1. The zero-order valence-electron chi connectivity index (χ0n) is 10.4. The first-order valence-electron chi connectivity index (χ1n) is 5.97. The van der Waals surface area contributed by atoms with Gasteiger partial charge in [0.15, 0.2) is 0 Å². The minimum Gasteiger partial charge on any atom is -0.393 e. The van der Waals surface area contributed by atoms with E-state index in [0.29, 0.717) is 11.4 Å². The highest BCUT2D eigenvalue weighted by atomic mass is 32.2. The summed E-state index contributed by atoms with van der Waals surface area (Å²) in [6.07, 6.45) is 1.39. The van der Waals surface area contributed by atoms with Crippen LogP contribution in [0.1, 0.15) is 17.7 Å². The highest BCUT2D eigenvalue weighted by Crippen LogP contribution is 2.19. The summed E-state index contributed by atoms with van der Waals surface area (Å²) in [7, 11) is -3.62. The fourth-order valence-corrected chi connectivity index (χ4v) is 3.46. The van der Waals surface area contributed by atoms with Gasteiger partial charge in [-0.1, -0.05) is 11.8 Å². The summed E-state index contributed by atoms with van der Waals surface area (Å²) in [5.74, 6) is 5.96. The molecule has 0 atom stereocenters. The number of nitrogens with zero attached hydrogens (tertiary/aromatic N) is 1. The topological polar surface area (TPSA) is 83.6 Å². The van der Waals surface area contributed by atoms with Crippen LogP contribution in [-0.2, 0) is 10.0 Å². The third-order valence-electron chi connectivity index (χ3n) is 2.93. The number of piperidine rings is 1. The number of sulfonamides is 1. The summed E-state index contributed by atoms with van der Waals surface area (Å²) < 4.78 is 22.3. The Morgan fingerprint density at radius 3 is 2.68 bits per heavy atom. The lowest BCUT2D eigenvalue weighted by atomic mass is 10.1. The zero-order valence-corrected chi connectivity index (χ0v) is 12.0. The molecule has 0 saturated carbocycles. The van der Waals surface area contributed by atoms with Crippen LogP contribution in [0.15, 0.2) is 16.3 Å². The minimum absolute atomic E-state index is 0.137. The molecule has 104 valence electrons. The van der Waals surface area contributed by atoms with Crippen LogP contribution in [0, 0.1) is 11.8 Å². The summed E-state index contributed by atoms with van der Waals surface area (Å²) in [4.78, 5) is 2.87. The SMILES string of the molecule is NS(=O)(=O)c1ccc(C#CCN2CCC(O)CC2)s1. The van der Waals surface area contributed by atoms with E-state index >= 15 is 0 Å². The van der Waals surface area contributed by atoms with Crippen LogP contribution in [0.3, 0.4) is 0 Å². The first kappa shape index (κ1) is 14.5. The van der Waals surface area contributed by atoms with Gasteiger partial charge in [0.1, 0.15) is 4.21 Å². The van der Waals surface area contributed by atoms with Gasteiger partial charge in [-0.25, -0.2) is 13.6 Å². The van der Waals surface area contributed by atoms with Crippen molar-refractivity contribution < 1.29 is 13.5 Å². The van der Waals surface area contributed by atoms with Gasteiger partial charge in [0.2, 0.25) is 10.0 Å². The van der Waals surface area contributed by atoms with Gasteiger partial charge in [-0.3, -0.25) is 4.90 Å². The second kappa shape index (κ2) is 6.03. The fraction of sp³-hybridized carbons (Fsp3) is 0.500. The Kier molecular flexibility index (Phi) is 4.60. The van der Waals surface area contributed by atoms with Crippen molar-refractivity contribution in [3.8, 4) is 11.8 Å². The van der Waals surface area contributed by atoms with Crippen LogP contribution in [0.5, 0.6) is 0 Å². The number of hydrogen-bond donors (Lipinski definition) is 2. The molecular formula is C12H16N2O3S2. The minimum atomic E-state index is -3.62. The average molecular weight is 300 g/mol. The van der Waals surface area contributed by atoms with Crippen LogP contribution in [-0.4, -0.2) is 44.2 Å². The Labute approximate surface area is 117 Å². The molecule has 0 bridgehead atoms. The number of thiophene rings is 1. The van der Waals surface area contributed by atoms with E-state index in [1.807, 2.05) is 0 Å². The van der Waals surface area contributed by atoms with Crippen LogP contribution in [0.4, 0.5) is 0 Å². The number of nitrogens with two attached hydrogens (primary N) is 1. The molecule has 0 spiro atoms. The van der Waals surface area contributed by atoms with Crippen molar-refractivity contribution >= 4 is 21.4 Å². The largest absolute Gasteiger partial charge is 0.393 e. The third-order valence-corrected chi connectivity index (χ3v) is 5.37. The van der Waals surface area contributed by atoms with Crippen molar-refractivity contribution in [2.24, 2.45) is 5.14 Å². The molecule has 2 rings (SSSR count). The molecule has 0 amide bonds. The van der Waals surface area contributed by atoms with Crippen molar-refractivity contribution in [1.29, 1.82) is 0 Å². The lowest BCUT2D eigenvalue weighted by molar-refractivity contribution is 0.0889. The van der Waals surface area contributed by atoms with E-state index < -0.39 is 10.0 Å². The predicted octanol–water partition coefficient (Wildman–Crippen LogP) is 0.204. The molecule has 0 aliphatic carbocycles. The summed E-state index contributed by atoms with van der Waals surface area (Å²) >= 11 is 1.08.